The van der Waals surface area contributed by atoms with Gasteiger partial charge >= 0.3 is 0 Å². The molecule has 2 unspecified atom stereocenters. The number of piperidine rings is 1. The first-order chi connectivity index (χ1) is 8.71. The molecule has 1 saturated heterocycles. The minimum absolute atomic E-state index is 0.171. The van der Waals surface area contributed by atoms with Crippen LogP contribution in [-0.4, -0.2) is 62.0 Å². The van der Waals surface area contributed by atoms with Gasteiger partial charge in [-0.15, -0.1) is 0 Å². The molecular weight excluding hydrogens is 228 g/mol. The summed E-state index contributed by atoms with van der Waals surface area (Å²) < 4.78 is 5.07. The summed E-state index contributed by atoms with van der Waals surface area (Å²) in [7, 11) is 1.71. The molecule has 1 heterocycles. The lowest BCUT2D eigenvalue weighted by Gasteiger charge is -2.36. The zero-order chi connectivity index (χ0) is 13.4. The van der Waals surface area contributed by atoms with Crippen molar-refractivity contribution in [3.8, 4) is 0 Å². The average Bonchev–Trinajstić information content (AvgIpc) is 2.43. The van der Waals surface area contributed by atoms with Gasteiger partial charge in [0.15, 0.2) is 0 Å². The Morgan fingerprint density at radius 3 is 2.56 bits per heavy atom. The number of likely N-dealkylation sites (tertiary alicyclic amines) is 1. The molecule has 2 atom stereocenters. The fourth-order valence-electron chi connectivity index (χ4n) is 2.76. The van der Waals surface area contributed by atoms with Crippen molar-refractivity contribution in [3.05, 3.63) is 0 Å². The number of hydrogen-bond donors (Lipinski definition) is 2. The standard InChI is InChI=1S/C14H30N2O2/c1-4-16-8-5-13(6-9-16)12(2)15-14(11-17)7-10-18-3/h12-15,17H,4-11H2,1-3H3. The number of hydrogen-bond acceptors (Lipinski definition) is 4. The molecule has 0 saturated carbocycles. The van der Waals surface area contributed by atoms with E-state index in [-0.39, 0.29) is 12.6 Å². The first kappa shape index (κ1) is 15.9. The topological polar surface area (TPSA) is 44.7 Å². The van der Waals surface area contributed by atoms with E-state index < -0.39 is 0 Å². The summed E-state index contributed by atoms with van der Waals surface area (Å²) in [5, 5.41) is 12.9. The molecule has 0 aromatic heterocycles. The highest BCUT2D eigenvalue weighted by Crippen LogP contribution is 2.20. The molecule has 0 aromatic rings. The Kier molecular flexibility index (Phi) is 7.82. The number of methoxy groups -OCH3 is 1. The van der Waals surface area contributed by atoms with E-state index in [2.05, 4.69) is 24.1 Å². The van der Waals surface area contributed by atoms with Crippen LogP contribution in [0, 0.1) is 5.92 Å². The quantitative estimate of drug-likeness (QED) is 0.684. The first-order valence-electron chi connectivity index (χ1n) is 7.29. The Labute approximate surface area is 112 Å². The molecule has 0 spiro atoms. The normalized spacial score (nSPS) is 22.0. The van der Waals surface area contributed by atoms with Crippen LogP contribution in [-0.2, 0) is 4.74 Å². The van der Waals surface area contributed by atoms with E-state index in [1.54, 1.807) is 7.11 Å². The lowest BCUT2D eigenvalue weighted by atomic mass is 9.90. The highest BCUT2D eigenvalue weighted by Gasteiger charge is 2.24. The second kappa shape index (κ2) is 8.86. The van der Waals surface area contributed by atoms with Crippen molar-refractivity contribution in [1.82, 2.24) is 10.2 Å². The van der Waals surface area contributed by atoms with E-state index in [0.717, 1.165) is 12.3 Å². The molecule has 1 aliphatic heterocycles. The van der Waals surface area contributed by atoms with Gasteiger partial charge in [0.05, 0.1) is 6.61 Å². The molecule has 1 fully saturated rings. The van der Waals surface area contributed by atoms with E-state index in [0.29, 0.717) is 12.6 Å². The Morgan fingerprint density at radius 1 is 1.39 bits per heavy atom. The minimum atomic E-state index is 0.171. The van der Waals surface area contributed by atoms with Gasteiger partial charge in [0, 0.05) is 25.8 Å². The largest absolute Gasteiger partial charge is 0.395 e. The SMILES string of the molecule is CCN1CCC(C(C)NC(CO)CCOC)CC1. The second-order valence-corrected chi connectivity index (χ2v) is 5.39. The van der Waals surface area contributed by atoms with Gasteiger partial charge < -0.3 is 20.1 Å². The molecule has 108 valence electrons. The van der Waals surface area contributed by atoms with Crippen molar-refractivity contribution in [2.75, 3.05) is 40.0 Å². The second-order valence-electron chi connectivity index (χ2n) is 5.39. The summed E-state index contributed by atoms with van der Waals surface area (Å²) in [5.74, 6) is 0.740. The molecule has 0 amide bonds. The number of nitrogens with one attached hydrogen (secondary N) is 1. The maximum Gasteiger partial charge on any atom is 0.0585 e. The monoisotopic (exact) mass is 258 g/mol. The average molecular weight is 258 g/mol. The highest BCUT2D eigenvalue weighted by atomic mass is 16.5. The van der Waals surface area contributed by atoms with Gasteiger partial charge in [0.25, 0.3) is 0 Å². The third-order valence-electron chi connectivity index (χ3n) is 4.18. The van der Waals surface area contributed by atoms with Crippen molar-refractivity contribution in [2.45, 2.75) is 45.2 Å². The summed E-state index contributed by atoms with van der Waals surface area (Å²) in [6.07, 6.45) is 3.42. The van der Waals surface area contributed by atoms with Crippen LogP contribution < -0.4 is 5.32 Å². The molecule has 4 nitrogen and oxygen atoms in total. The third kappa shape index (κ3) is 5.22. The van der Waals surface area contributed by atoms with E-state index >= 15 is 0 Å². The van der Waals surface area contributed by atoms with Crippen LogP contribution in [0.2, 0.25) is 0 Å². The van der Waals surface area contributed by atoms with Gasteiger partial charge in [0.2, 0.25) is 0 Å². The van der Waals surface area contributed by atoms with Crippen molar-refractivity contribution >= 4 is 0 Å². The highest BCUT2D eigenvalue weighted by molar-refractivity contribution is 4.81. The molecular formula is C14H30N2O2. The minimum Gasteiger partial charge on any atom is -0.395 e. The molecule has 0 radical (unpaired) electrons. The van der Waals surface area contributed by atoms with Crippen LogP contribution in [0.25, 0.3) is 0 Å². The number of aliphatic hydroxyl groups excluding tert-OH is 1. The van der Waals surface area contributed by atoms with Gasteiger partial charge in [0.1, 0.15) is 0 Å². The molecule has 4 heteroatoms. The summed E-state index contributed by atoms with van der Waals surface area (Å²) in [4.78, 5) is 2.51. The Morgan fingerprint density at radius 2 is 2.06 bits per heavy atom. The van der Waals surface area contributed by atoms with Crippen LogP contribution in [0.15, 0.2) is 0 Å². The van der Waals surface area contributed by atoms with E-state index in [1.165, 1.54) is 32.5 Å². The molecule has 1 rings (SSSR count). The van der Waals surface area contributed by atoms with Crippen LogP contribution >= 0.6 is 0 Å². The summed E-state index contributed by atoms with van der Waals surface area (Å²) in [6, 6.07) is 0.655. The predicted octanol–water partition coefficient (Wildman–Crippen LogP) is 1.09. The maximum absolute atomic E-state index is 9.35. The van der Waals surface area contributed by atoms with Crippen LogP contribution in [0.4, 0.5) is 0 Å². The first-order valence-corrected chi connectivity index (χ1v) is 7.29. The van der Waals surface area contributed by atoms with Crippen molar-refractivity contribution in [1.29, 1.82) is 0 Å². The molecule has 2 N–H and O–H groups in total. The fraction of sp³-hybridized carbons (Fsp3) is 1.00. The van der Waals surface area contributed by atoms with Gasteiger partial charge in [-0.25, -0.2) is 0 Å². The molecule has 0 aromatic carbocycles. The van der Waals surface area contributed by atoms with Gasteiger partial charge in [-0.3, -0.25) is 0 Å². The summed E-state index contributed by atoms with van der Waals surface area (Å²) >= 11 is 0. The van der Waals surface area contributed by atoms with E-state index in [4.69, 9.17) is 4.74 Å². The van der Waals surface area contributed by atoms with Crippen LogP contribution in [0.3, 0.4) is 0 Å². The lowest BCUT2D eigenvalue weighted by Crippen LogP contribution is -2.46. The van der Waals surface area contributed by atoms with Crippen molar-refractivity contribution in [3.63, 3.8) is 0 Å². The predicted molar refractivity (Wildman–Crippen MR) is 74.8 cm³/mol. The lowest BCUT2D eigenvalue weighted by molar-refractivity contribution is 0.132. The smallest absolute Gasteiger partial charge is 0.0585 e. The molecule has 1 aliphatic rings. The van der Waals surface area contributed by atoms with Gasteiger partial charge in [-0.05, 0) is 51.7 Å². The van der Waals surface area contributed by atoms with Gasteiger partial charge in [-0.2, -0.15) is 0 Å². The summed E-state index contributed by atoms with van der Waals surface area (Å²) in [6.45, 7) is 8.99. The fourth-order valence-corrected chi connectivity index (χ4v) is 2.76. The molecule has 0 aliphatic carbocycles. The van der Waals surface area contributed by atoms with Crippen LogP contribution in [0.1, 0.15) is 33.1 Å². The number of aliphatic hydroxyl groups is 1. The van der Waals surface area contributed by atoms with Gasteiger partial charge in [-0.1, -0.05) is 6.92 Å². The third-order valence-corrected chi connectivity index (χ3v) is 4.18. The number of ether oxygens (including phenoxy) is 1. The zero-order valence-corrected chi connectivity index (χ0v) is 12.2. The van der Waals surface area contributed by atoms with Crippen molar-refractivity contribution < 1.29 is 9.84 Å². The zero-order valence-electron chi connectivity index (χ0n) is 12.2. The van der Waals surface area contributed by atoms with Crippen LogP contribution in [0.5, 0.6) is 0 Å². The summed E-state index contributed by atoms with van der Waals surface area (Å²) in [5.41, 5.74) is 0. The van der Waals surface area contributed by atoms with Crippen molar-refractivity contribution in [2.24, 2.45) is 5.92 Å². The Bertz CT molecular complexity index is 206. The van der Waals surface area contributed by atoms with E-state index in [1.807, 2.05) is 0 Å². The van der Waals surface area contributed by atoms with E-state index in [9.17, 15) is 5.11 Å². The number of nitrogens with zero attached hydrogens (tertiary/aromatic N) is 1. The number of rotatable bonds is 8. The molecule has 0 bridgehead atoms. The Balaban J connectivity index is 2.28. The molecule has 18 heavy (non-hydrogen) atoms. The Hall–Kier alpha value is -0.160. The maximum atomic E-state index is 9.35.